The number of halogens is 1. The Bertz CT molecular complexity index is 387. The number of carbonyl (C=O) groups excluding carboxylic acids is 1. The van der Waals surface area contributed by atoms with Gasteiger partial charge in [-0.25, -0.2) is 0 Å². The first-order chi connectivity index (χ1) is 7.27. The van der Waals surface area contributed by atoms with Gasteiger partial charge in [0.2, 0.25) is 5.91 Å². The summed E-state index contributed by atoms with van der Waals surface area (Å²) in [4.78, 5) is 11.0. The number of amides is 1. The van der Waals surface area contributed by atoms with Gasteiger partial charge in [-0.2, -0.15) is 5.26 Å². The van der Waals surface area contributed by atoms with Gasteiger partial charge in [-0.1, -0.05) is 12.1 Å². The molecule has 15 heavy (non-hydrogen) atoms. The smallest absolute Gasteiger partial charge is 0.239 e. The van der Waals surface area contributed by atoms with Crippen LogP contribution in [0.5, 0.6) is 5.75 Å². The molecule has 1 aromatic carbocycles. The largest absolute Gasteiger partial charge is 0.477 e. The van der Waals surface area contributed by atoms with Crippen molar-refractivity contribution in [2.75, 3.05) is 17.8 Å². The lowest BCUT2D eigenvalue weighted by atomic mass is 10.3. The third-order valence-corrected chi connectivity index (χ3v) is 1.82. The number of ether oxygens (including phenoxy) is 1. The van der Waals surface area contributed by atoms with Crippen molar-refractivity contribution in [3.05, 3.63) is 24.3 Å². The summed E-state index contributed by atoms with van der Waals surface area (Å²) in [6, 6.07) is 8.70. The van der Waals surface area contributed by atoms with Gasteiger partial charge in [0.1, 0.15) is 17.7 Å². The molecule has 0 spiro atoms. The second-order valence-corrected chi connectivity index (χ2v) is 2.89. The second kappa shape index (κ2) is 5.89. The Morgan fingerprint density at radius 1 is 1.53 bits per heavy atom. The summed E-state index contributed by atoms with van der Waals surface area (Å²) in [7, 11) is 0. The van der Waals surface area contributed by atoms with Crippen LogP contribution in [0.3, 0.4) is 0 Å². The van der Waals surface area contributed by atoms with E-state index in [-0.39, 0.29) is 18.4 Å². The Morgan fingerprint density at radius 2 is 2.27 bits per heavy atom. The third kappa shape index (κ3) is 3.49. The molecule has 1 amide bonds. The van der Waals surface area contributed by atoms with Crippen LogP contribution in [0.25, 0.3) is 0 Å². The molecule has 0 saturated heterocycles. The van der Waals surface area contributed by atoms with E-state index in [1.54, 1.807) is 24.3 Å². The number of benzene rings is 1. The maximum Gasteiger partial charge on any atom is 0.239 e. The van der Waals surface area contributed by atoms with Crippen LogP contribution in [0.4, 0.5) is 5.69 Å². The fourth-order valence-corrected chi connectivity index (χ4v) is 1.06. The number of nitrogens with zero attached hydrogens (tertiary/aromatic N) is 1. The Balaban J connectivity index is 2.77. The van der Waals surface area contributed by atoms with Crippen LogP contribution in [0.15, 0.2) is 24.3 Å². The highest BCUT2D eigenvalue weighted by molar-refractivity contribution is 6.29. The summed E-state index contributed by atoms with van der Waals surface area (Å²) >= 11 is 5.35. The van der Waals surface area contributed by atoms with Crippen LogP contribution in [0.1, 0.15) is 0 Å². The maximum absolute atomic E-state index is 11.0. The summed E-state index contributed by atoms with van der Waals surface area (Å²) < 4.78 is 5.11. The number of carbonyl (C=O) groups is 1. The van der Waals surface area contributed by atoms with Gasteiger partial charge >= 0.3 is 0 Å². The van der Waals surface area contributed by atoms with Crippen molar-refractivity contribution in [2.24, 2.45) is 0 Å². The molecule has 0 aliphatic heterocycles. The van der Waals surface area contributed by atoms with Crippen molar-refractivity contribution in [3.8, 4) is 11.8 Å². The van der Waals surface area contributed by atoms with Crippen molar-refractivity contribution in [2.45, 2.75) is 0 Å². The molecule has 0 radical (unpaired) electrons. The first kappa shape index (κ1) is 11.3. The van der Waals surface area contributed by atoms with E-state index in [1.807, 2.05) is 6.07 Å². The summed E-state index contributed by atoms with van der Waals surface area (Å²) in [5.41, 5.74) is 0.512. The Hall–Kier alpha value is -1.73. The van der Waals surface area contributed by atoms with E-state index in [1.165, 1.54) is 0 Å². The molecule has 0 bridgehead atoms. The van der Waals surface area contributed by atoms with Gasteiger partial charge in [-0.05, 0) is 12.1 Å². The quantitative estimate of drug-likeness (QED) is 0.793. The van der Waals surface area contributed by atoms with E-state index in [2.05, 4.69) is 5.32 Å². The number of hydrogen-bond donors (Lipinski definition) is 1. The van der Waals surface area contributed by atoms with Crippen LogP contribution < -0.4 is 10.1 Å². The normalized spacial score (nSPS) is 9.07. The SMILES string of the molecule is N#CCOc1ccccc1NC(=O)CCl. The van der Waals surface area contributed by atoms with Gasteiger partial charge in [0, 0.05) is 0 Å². The Kier molecular flexibility index (Phi) is 4.45. The fraction of sp³-hybridized carbons (Fsp3) is 0.200. The van der Waals surface area contributed by atoms with Crippen LogP contribution in [-0.2, 0) is 4.79 Å². The second-order valence-electron chi connectivity index (χ2n) is 2.62. The predicted octanol–water partition coefficient (Wildman–Crippen LogP) is 1.77. The molecule has 0 atom stereocenters. The number of hydrogen-bond acceptors (Lipinski definition) is 3. The summed E-state index contributed by atoms with van der Waals surface area (Å²) in [6.07, 6.45) is 0. The minimum atomic E-state index is -0.315. The molecule has 0 saturated carbocycles. The number of anilines is 1. The molecule has 1 N–H and O–H groups in total. The van der Waals surface area contributed by atoms with Gasteiger partial charge < -0.3 is 10.1 Å². The predicted molar refractivity (Wildman–Crippen MR) is 56.9 cm³/mol. The van der Waals surface area contributed by atoms with Crippen LogP contribution in [0, 0.1) is 11.3 Å². The Morgan fingerprint density at radius 3 is 2.93 bits per heavy atom. The zero-order valence-corrected chi connectivity index (χ0v) is 8.62. The molecule has 0 aromatic heterocycles. The molecule has 4 nitrogen and oxygen atoms in total. The summed E-state index contributed by atoms with van der Waals surface area (Å²) in [5.74, 6) is 0.0224. The number of rotatable bonds is 4. The molecule has 5 heteroatoms. The highest BCUT2D eigenvalue weighted by atomic mass is 35.5. The van der Waals surface area contributed by atoms with E-state index in [4.69, 9.17) is 21.6 Å². The zero-order chi connectivity index (χ0) is 11.1. The molecule has 1 rings (SSSR count). The minimum absolute atomic E-state index is 0.0617. The van der Waals surface area contributed by atoms with Crippen LogP contribution in [0.2, 0.25) is 0 Å². The minimum Gasteiger partial charge on any atom is -0.477 e. The van der Waals surface area contributed by atoms with Gasteiger partial charge in [-0.3, -0.25) is 4.79 Å². The number of para-hydroxylation sites is 2. The van der Waals surface area contributed by atoms with E-state index in [9.17, 15) is 4.79 Å². The topological polar surface area (TPSA) is 62.1 Å². The highest BCUT2D eigenvalue weighted by Crippen LogP contribution is 2.23. The van der Waals surface area contributed by atoms with E-state index in [0.29, 0.717) is 11.4 Å². The average Bonchev–Trinajstić information content (AvgIpc) is 2.28. The molecule has 0 fully saturated rings. The summed E-state index contributed by atoms with van der Waals surface area (Å²) in [6.45, 7) is -0.0617. The van der Waals surface area contributed by atoms with Gasteiger partial charge in [0.25, 0.3) is 0 Å². The van der Waals surface area contributed by atoms with Crippen molar-refractivity contribution >= 4 is 23.2 Å². The van der Waals surface area contributed by atoms with Crippen LogP contribution >= 0.6 is 11.6 Å². The van der Waals surface area contributed by atoms with Crippen molar-refractivity contribution in [1.82, 2.24) is 0 Å². The molecular weight excluding hydrogens is 216 g/mol. The first-order valence-electron chi connectivity index (χ1n) is 4.22. The zero-order valence-electron chi connectivity index (χ0n) is 7.87. The van der Waals surface area contributed by atoms with E-state index >= 15 is 0 Å². The maximum atomic E-state index is 11.0. The lowest BCUT2D eigenvalue weighted by Crippen LogP contribution is -2.13. The first-order valence-corrected chi connectivity index (χ1v) is 4.76. The molecular formula is C10H9ClN2O2. The average molecular weight is 225 g/mol. The van der Waals surface area contributed by atoms with Crippen molar-refractivity contribution in [1.29, 1.82) is 5.26 Å². The monoisotopic (exact) mass is 224 g/mol. The van der Waals surface area contributed by atoms with Gasteiger partial charge in [0.15, 0.2) is 6.61 Å². The number of alkyl halides is 1. The van der Waals surface area contributed by atoms with Gasteiger partial charge in [-0.15, -0.1) is 11.6 Å². The lowest BCUT2D eigenvalue weighted by Gasteiger charge is -2.09. The standard InChI is InChI=1S/C10H9ClN2O2/c11-7-10(14)13-8-3-1-2-4-9(8)15-6-5-12/h1-4H,6-7H2,(H,13,14). The molecule has 0 heterocycles. The molecule has 78 valence electrons. The lowest BCUT2D eigenvalue weighted by molar-refractivity contribution is -0.113. The van der Waals surface area contributed by atoms with Crippen LogP contribution in [-0.4, -0.2) is 18.4 Å². The third-order valence-electron chi connectivity index (χ3n) is 1.57. The molecule has 0 aliphatic rings. The Labute approximate surface area is 92.4 Å². The number of nitriles is 1. The molecule has 0 unspecified atom stereocenters. The fourth-order valence-electron chi connectivity index (χ4n) is 0.989. The van der Waals surface area contributed by atoms with Crippen molar-refractivity contribution < 1.29 is 9.53 Å². The molecule has 1 aromatic rings. The van der Waals surface area contributed by atoms with Gasteiger partial charge in [0.05, 0.1) is 5.69 Å². The highest BCUT2D eigenvalue weighted by Gasteiger charge is 2.05. The number of nitrogens with one attached hydrogen (secondary N) is 1. The van der Waals surface area contributed by atoms with Crippen molar-refractivity contribution in [3.63, 3.8) is 0 Å². The van der Waals surface area contributed by atoms with E-state index in [0.717, 1.165) is 0 Å². The van der Waals surface area contributed by atoms with E-state index < -0.39 is 0 Å². The molecule has 0 aliphatic carbocycles. The summed E-state index contributed by atoms with van der Waals surface area (Å²) in [5, 5.41) is 10.9.